The van der Waals surface area contributed by atoms with Gasteiger partial charge in [-0.25, -0.2) is 0 Å². The summed E-state index contributed by atoms with van der Waals surface area (Å²) in [6.07, 6.45) is 0.280. The number of rotatable bonds is 3. The van der Waals surface area contributed by atoms with E-state index in [2.05, 4.69) is 15.5 Å². The first-order chi connectivity index (χ1) is 8.47. The number of nitrogens with zero attached hydrogens (tertiary/aromatic N) is 3. The third-order valence-electron chi connectivity index (χ3n) is 2.91. The van der Waals surface area contributed by atoms with Crippen molar-refractivity contribution in [2.75, 3.05) is 11.9 Å². The van der Waals surface area contributed by atoms with Crippen molar-refractivity contribution in [3.05, 3.63) is 5.01 Å². The minimum Gasteiger partial charge on any atom is -0.339 e. The summed E-state index contributed by atoms with van der Waals surface area (Å²) in [5.74, 6) is -0.398. The number of hydrogen-bond donors (Lipinski definition) is 1. The summed E-state index contributed by atoms with van der Waals surface area (Å²) in [5, 5.41) is 11.7. The Morgan fingerprint density at radius 1 is 1.50 bits per heavy atom. The molecule has 7 heteroatoms. The predicted octanol–water partition coefficient (Wildman–Crippen LogP) is 1.04. The smallest absolute Gasteiger partial charge is 0.231 e. The highest BCUT2D eigenvalue weighted by molar-refractivity contribution is 7.15. The van der Waals surface area contributed by atoms with Crippen molar-refractivity contribution < 1.29 is 9.59 Å². The first kappa shape index (κ1) is 12.9. The van der Waals surface area contributed by atoms with Crippen LogP contribution < -0.4 is 5.32 Å². The lowest BCUT2D eigenvalue weighted by atomic mass is 10.1. The van der Waals surface area contributed by atoms with Gasteiger partial charge in [0.1, 0.15) is 5.01 Å². The fourth-order valence-corrected chi connectivity index (χ4v) is 2.56. The number of hydrogen-bond acceptors (Lipinski definition) is 5. The van der Waals surface area contributed by atoms with E-state index in [0.29, 0.717) is 11.7 Å². The Morgan fingerprint density at radius 3 is 2.72 bits per heavy atom. The van der Waals surface area contributed by atoms with Gasteiger partial charge in [-0.05, 0) is 20.8 Å². The Balaban J connectivity index is 1.97. The van der Waals surface area contributed by atoms with E-state index in [1.165, 1.54) is 11.3 Å². The van der Waals surface area contributed by atoms with E-state index in [1.807, 2.05) is 20.8 Å². The highest BCUT2D eigenvalue weighted by Gasteiger charge is 2.35. The van der Waals surface area contributed by atoms with Crippen LogP contribution >= 0.6 is 11.3 Å². The van der Waals surface area contributed by atoms with Gasteiger partial charge in [-0.3, -0.25) is 9.59 Å². The summed E-state index contributed by atoms with van der Waals surface area (Å²) < 4.78 is 0. The van der Waals surface area contributed by atoms with Crippen molar-refractivity contribution in [1.29, 1.82) is 0 Å². The van der Waals surface area contributed by atoms with Gasteiger partial charge in [0.2, 0.25) is 16.9 Å². The van der Waals surface area contributed by atoms with Crippen LogP contribution in [-0.4, -0.2) is 39.5 Å². The summed E-state index contributed by atoms with van der Waals surface area (Å²) in [6.45, 7) is 6.21. The van der Waals surface area contributed by atoms with E-state index in [4.69, 9.17) is 0 Å². The van der Waals surface area contributed by atoms with Crippen molar-refractivity contribution in [3.8, 4) is 0 Å². The molecule has 18 heavy (non-hydrogen) atoms. The lowest BCUT2D eigenvalue weighted by Gasteiger charge is -2.20. The standard InChI is InChI=1S/C11H16N4O2S/c1-6(2)15-5-8(4-9(15)16)10(17)12-11-14-13-7(3)18-11/h6,8H,4-5H2,1-3H3,(H,12,14,17)/t8-/m1/s1. The zero-order valence-corrected chi connectivity index (χ0v) is 11.5. The zero-order valence-electron chi connectivity index (χ0n) is 10.6. The maximum Gasteiger partial charge on any atom is 0.231 e. The number of anilines is 1. The van der Waals surface area contributed by atoms with E-state index in [-0.39, 0.29) is 30.2 Å². The first-order valence-corrected chi connectivity index (χ1v) is 6.69. The second-order valence-corrected chi connectivity index (χ2v) is 5.84. The average Bonchev–Trinajstić information content (AvgIpc) is 2.85. The monoisotopic (exact) mass is 268 g/mol. The Hall–Kier alpha value is -1.50. The summed E-state index contributed by atoms with van der Waals surface area (Å²) in [4.78, 5) is 25.4. The van der Waals surface area contributed by atoms with Gasteiger partial charge in [-0.2, -0.15) is 0 Å². The largest absolute Gasteiger partial charge is 0.339 e. The van der Waals surface area contributed by atoms with E-state index in [1.54, 1.807) is 4.90 Å². The molecular weight excluding hydrogens is 252 g/mol. The molecule has 1 atom stereocenters. The van der Waals surface area contributed by atoms with Crippen LogP contribution in [0.3, 0.4) is 0 Å². The Labute approximate surface area is 109 Å². The number of likely N-dealkylation sites (tertiary alicyclic amines) is 1. The second kappa shape index (κ2) is 5.01. The van der Waals surface area contributed by atoms with Crippen LogP contribution in [0.5, 0.6) is 0 Å². The third kappa shape index (κ3) is 2.66. The number of nitrogens with one attached hydrogen (secondary N) is 1. The van der Waals surface area contributed by atoms with E-state index < -0.39 is 0 Å². The Bertz CT molecular complexity index is 471. The molecule has 1 aromatic heterocycles. The van der Waals surface area contributed by atoms with Crippen molar-refractivity contribution in [3.63, 3.8) is 0 Å². The molecule has 6 nitrogen and oxygen atoms in total. The third-order valence-corrected chi connectivity index (χ3v) is 3.66. The van der Waals surface area contributed by atoms with Crippen LogP contribution in [0.4, 0.5) is 5.13 Å². The van der Waals surface area contributed by atoms with Crippen LogP contribution in [0.25, 0.3) is 0 Å². The number of amides is 2. The summed E-state index contributed by atoms with van der Waals surface area (Å²) >= 11 is 1.33. The number of aryl methyl sites for hydroxylation is 1. The predicted molar refractivity (Wildman–Crippen MR) is 68.2 cm³/mol. The fourth-order valence-electron chi connectivity index (χ4n) is 1.96. The van der Waals surface area contributed by atoms with Gasteiger partial charge >= 0.3 is 0 Å². The molecule has 1 fully saturated rings. The number of carbonyl (C=O) groups excluding carboxylic acids is 2. The summed E-state index contributed by atoms with van der Waals surface area (Å²) in [5.41, 5.74) is 0. The van der Waals surface area contributed by atoms with Gasteiger partial charge in [-0.15, -0.1) is 10.2 Å². The van der Waals surface area contributed by atoms with E-state index in [0.717, 1.165) is 5.01 Å². The molecule has 0 radical (unpaired) electrons. The molecule has 1 saturated heterocycles. The molecule has 0 bridgehead atoms. The van der Waals surface area contributed by atoms with Gasteiger partial charge in [0, 0.05) is 19.0 Å². The van der Waals surface area contributed by atoms with Gasteiger partial charge in [0.15, 0.2) is 0 Å². The first-order valence-electron chi connectivity index (χ1n) is 5.88. The molecule has 2 heterocycles. The number of carbonyl (C=O) groups is 2. The SMILES string of the molecule is Cc1nnc(NC(=O)[C@@H]2CC(=O)N(C(C)C)C2)s1. The normalized spacial score (nSPS) is 19.7. The van der Waals surface area contributed by atoms with Crippen molar-refractivity contribution in [1.82, 2.24) is 15.1 Å². The van der Waals surface area contributed by atoms with E-state index in [9.17, 15) is 9.59 Å². The quantitative estimate of drug-likeness (QED) is 0.889. The zero-order chi connectivity index (χ0) is 13.3. The van der Waals surface area contributed by atoms with Crippen molar-refractivity contribution in [2.24, 2.45) is 5.92 Å². The summed E-state index contributed by atoms with van der Waals surface area (Å²) in [7, 11) is 0. The highest BCUT2D eigenvalue weighted by Crippen LogP contribution is 2.22. The van der Waals surface area contributed by atoms with Crippen molar-refractivity contribution in [2.45, 2.75) is 33.2 Å². The number of aromatic nitrogens is 2. The molecule has 2 rings (SSSR count). The Morgan fingerprint density at radius 2 is 2.22 bits per heavy atom. The summed E-state index contributed by atoms with van der Waals surface area (Å²) in [6, 6.07) is 0.138. The van der Waals surface area contributed by atoms with Crippen molar-refractivity contribution >= 4 is 28.3 Å². The molecule has 1 aliphatic rings. The van der Waals surface area contributed by atoms with Gasteiger partial charge < -0.3 is 10.2 Å². The molecule has 0 saturated carbocycles. The topological polar surface area (TPSA) is 75.2 Å². The van der Waals surface area contributed by atoms with Gasteiger partial charge in [0.05, 0.1) is 5.92 Å². The molecule has 2 amide bonds. The maximum atomic E-state index is 12.0. The molecule has 1 aliphatic heterocycles. The van der Waals surface area contributed by atoms with Gasteiger partial charge in [-0.1, -0.05) is 11.3 Å². The van der Waals surface area contributed by atoms with Gasteiger partial charge in [0.25, 0.3) is 0 Å². The fraction of sp³-hybridized carbons (Fsp3) is 0.636. The van der Waals surface area contributed by atoms with Crippen LogP contribution in [0.15, 0.2) is 0 Å². The lowest BCUT2D eigenvalue weighted by molar-refractivity contribution is -0.129. The molecule has 0 spiro atoms. The molecule has 1 aromatic rings. The lowest BCUT2D eigenvalue weighted by Crippen LogP contribution is -2.33. The maximum absolute atomic E-state index is 12.0. The average molecular weight is 268 g/mol. The molecule has 0 aliphatic carbocycles. The minimum atomic E-state index is -0.288. The molecule has 1 N–H and O–H groups in total. The van der Waals surface area contributed by atoms with Crippen LogP contribution in [0.2, 0.25) is 0 Å². The van der Waals surface area contributed by atoms with Crippen LogP contribution in [0, 0.1) is 12.8 Å². The molecular formula is C11H16N4O2S. The molecule has 0 unspecified atom stereocenters. The minimum absolute atomic E-state index is 0.0404. The molecule has 0 aromatic carbocycles. The van der Waals surface area contributed by atoms with Crippen LogP contribution in [0.1, 0.15) is 25.3 Å². The highest BCUT2D eigenvalue weighted by atomic mass is 32.1. The second-order valence-electron chi connectivity index (χ2n) is 4.66. The van der Waals surface area contributed by atoms with Crippen LogP contribution in [-0.2, 0) is 9.59 Å². The Kier molecular flexibility index (Phi) is 3.60. The van der Waals surface area contributed by atoms with E-state index >= 15 is 0 Å². The molecule has 98 valence electrons.